The fraction of sp³-hybridized carbons (Fsp3) is 0.462. The molecule has 1 heterocycles. The lowest BCUT2D eigenvalue weighted by Crippen LogP contribution is -2.48. The Kier molecular flexibility index (Phi) is 4.12. The lowest BCUT2D eigenvalue weighted by molar-refractivity contribution is -0.150. The van der Waals surface area contributed by atoms with E-state index in [0.29, 0.717) is 13.1 Å². The molecule has 1 saturated heterocycles. The Labute approximate surface area is 101 Å². The molecular weight excluding hydrogens is 218 g/mol. The third kappa shape index (κ3) is 3.28. The molecule has 0 saturated carbocycles. The van der Waals surface area contributed by atoms with E-state index in [2.05, 4.69) is 12.1 Å². The minimum absolute atomic E-state index is 0.00521. The molecule has 92 valence electrons. The van der Waals surface area contributed by atoms with E-state index in [-0.39, 0.29) is 25.2 Å². The molecule has 0 aromatic heterocycles. The van der Waals surface area contributed by atoms with Crippen LogP contribution in [0.5, 0.6) is 0 Å². The number of rotatable bonds is 4. The molecule has 1 unspecified atom stereocenters. The Hall–Kier alpha value is -1.39. The second-order valence-corrected chi connectivity index (χ2v) is 4.19. The summed E-state index contributed by atoms with van der Waals surface area (Å²) in [5.74, 6) is 0.00521. The first-order valence-corrected chi connectivity index (χ1v) is 5.84. The lowest BCUT2D eigenvalue weighted by atomic mass is 10.1. The highest BCUT2D eigenvalue weighted by atomic mass is 16.5. The van der Waals surface area contributed by atoms with Gasteiger partial charge in [0.2, 0.25) is 5.91 Å². The van der Waals surface area contributed by atoms with Crippen molar-refractivity contribution in [2.75, 3.05) is 26.3 Å². The van der Waals surface area contributed by atoms with Crippen molar-refractivity contribution in [3.63, 3.8) is 0 Å². The van der Waals surface area contributed by atoms with Crippen LogP contribution >= 0.6 is 0 Å². The topological polar surface area (TPSA) is 49.8 Å². The molecule has 1 N–H and O–H groups in total. The molecule has 1 fully saturated rings. The molecule has 1 aromatic rings. The SMILES string of the molecule is O=C1COC(CO)CN1CCc1ccccc1. The van der Waals surface area contributed by atoms with E-state index in [4.69, 9.17) is 9.84 Å². The van der Waals surface area contributed by atoms with Gasteiger partial charge in [0.25, 0.3) is 0 Å². The average molecular weight is 235 g/mol. The van der Waals surface area contributed by atoms with E-state index in [1.54, 1.807) is 4.90 Å². The monoisotopic (exact) mass is 235 g/mol. The second-order valence-electron chi connectivity index (χ2n) is 4.19. The summed E-state index contributed by atoms with van der Waals surface area (Å²) in [7, 11) is 0. The normalized spacial score (nSPS) is 20.6. The first-order chi connectivity index (χ1) is 8.29. The van der Waals surface area contributed by atoms with Crippen LogP contribution in [-0.2, 0) is 16.0 Å². The van der Waals surface area contributed by atoms with Gasteiger partial charge in [-0.1, -0.05) is 30.3 Å². The van der Waals surface area contributed by atoms with Crippen LogP contribution in [-0.4, -0.2) is 48.3 Å². The standard InChI is InChI=1S/C13H17NO3/c15-9-12-8-14(13(16)10-17-12)7-6-11-4-2-1-3-5-11/h1-5,12,15H,6-10H2. The van der Waals surface area contributed by atoms with E-state index in [1.807, 2.05) is 18.2 Å². The minimum Gasteiger partial charge on any atom is -0.394 e. The molecule has 0 spiro atoms. The molecule has 4 heteroatoms. The molecule has 1 amide bonds. The molecule has 0 radical (unpaired) electrons. The number of benzene rings is 1. The van der Waals surface area contributed by atoms with Crippen molar-refractivity contribution in [2.45, 2.75) is 12.5 Å². The van der Waals surface area contributed by atoms with Crippen LogP contribution < -0.4 is 0 Å². The van der Waals surface area contributed by atoms with E-state index in [0.717, 1.165) is 6.42 Å². The van der Waals surface area contributed by atoms with Gasteiger partial charge in [0.05, 0.1) is 12.7 Å². The lowest BCUT2D eigenvalue weighted by Gasteiger charge is -2.31. The van der Waals surface area contributed by atoms with Crippen LogP contribution in [0, 0.1) is 0 Å². The molecule has 2 rings (SSSR count). The summed E-state index contributed by atoms with van der Waals surface area (Å²) in [4.78, 5) is 13.4. The van der Waals surface area contributed by atoms with Crippen LogP contribution in [0.25, 0.3) is 0 Å². The number of aliphatic hydroxyl groups is 1. The molecule has 0 bridgehead atoms. The maximum Gasteiger partial charge on any atom is 0.248 e. The Balaban J connectivity index is 1.87. The fourth-order valence-electron chi connectivity index (χ4n) is 1.92. The Morgan fingerprint density at radius 1 is 1.35 bits per heavy atom. The van der Waals surface area contributed by atoms with E-state index in [1.165, 1.54) is 5.56 Å². The maximum absolute atomic E-state index is 11.6. The quantitative estimate of drug-likeness (QED) is 0.824. The molecule has 1 atom stereocenters. The van der Waals surface area contributed by atoms with Crippen LogP contribution in [0.15, 0.2) is 30.3 Å². The number of carbonyl (C=O) groups is 1. The summed E-state index contributed by atoms with van der Waals surface area (Å²) in [6.07, 6.45) is 0.605. The van der Waals surface area contributed by atoms with E-state index >= 15 is 0 Å². The van der Waals surface area contributed by atoms with Crippen molar-refractivity contribution in [3.8, 4) is 0 Å². The number of nitrogens with zero attached hydrogens (tertiary/aromatic N) is 1. The van der Waals surface area contributed by atoms with Gasteiger partial charge in [0, 0.05) is 13.1 Å². The van der Waals surface area contributed by atoms with Gasteiger partial charge in [0.15, 0.2) is 0 Å². The average Bonchev–Trinajstić information content (AvgIpc) is 2.39. The van der Waals surface area contributed by atoms with Gasteiger partial charge in [-0.3, -0.25) is 4.79 Å². The Morgan fingerprint density at radius 2 is 2.12 bits per heavy atom. The zero-order valence-electron chi connectivity index (χ0n) is 9.71. The van der Waals surface area contributed by atoms with Crippen molar-refractivity contribution in [1.29, 1.82) is 0 Å². The molecule has 1 aliphatic heterocycles. The van der Waals surface area contributed by atoms with Gasteiger partial charge in [-0.15, -0.1) is 0 Å². The molecule has 1 aliphatic rings. The number of amides is 1. The third-order valence-electron chi connectivity index (χ3n) is 2.94. The fourth-order valence-corrected chi connectivity index (χ4v) is 1.92. The molecular formula is C13H17NO3. The van der Waals surface area contributed by atoms with Gasteiger partial charge in [0.1, 0.15) is 6.61 Å². The van der Waals surface area contributed by atoms with Crippen molar-refractivity contribution in [3.05, 3.63) is 35.9 Å². The number of aliphatic hydroxyl groups excluding tert-OH is 1. The summed E-state index contributed by atoms with van der Waals surface area (Å²) >= 11 is 0. The predicted octanol–water partition coefficient (Wildman–Crippen LogP) is 0.449. The number of hydrogen-bond acceptors (Lipinski definition) is 3. The number of carbonyl (C=O) groups excluding carboxylic acids is 1. The van der Waals surface area contributed by atoms with Gasteiger partial charge < -0.3 is 14.7 Å². The molecule has 17 heavy (non-hydrogen) atoms. The summed E-state index contributed by atoms with van der Waals surface area (Å²) in [5, 5.41) is 9.02. The van der Waals surface area contributed by atoms with Crippen LogP contribution in [0.3, 0.4) is 0 Å². The highest BCUT2D eigenvalue weighted by Crippen LogP contribution is 2.08. The molecule has 1 aromatic carbocycles. The first-order valence-electron chi connectivity index (χ1n) is 5.84. The second kappa shape index (κ2) is 5.80. The van der Waals surface area contributed by atoms with Gasteiger partial charge in [-0.05, 0) is 12.0 Å². The maximum atomic E-state index is 11.6. The van der Waals surface area contributed by atoms with Gasteiger partial charge >= 0.3 is 0 Å². The zero-order chi connectivity index (χ0) is 12.1. The summed E-state index contributed by atoms with van der Waals surface area (Å²) < 4.78 is 5.18. The highest BCUT2D eigenvalue weighted by molar-refractivity contribution is 5.78. The van der Waals surface area contributed by atoms with E-state index in [9.17, 15) is 4.79 Å². The number of morpholine rings is 1. The Bertz CT molecular complexity index is 366. The number of ether oxygens (including phenoxy) is 1. The van der Waals surface area contributed by atoms with E-state index < -0.39 is 0 Å². The molecule has 4 nitrogen and oxygen atoms in total. The third-order valence-corrected chi connectivity index (χ3v) is 2.94. The van der Waals surface area contributed by atoms with Gasteiger partial charge in [-0.2, -0.15) is 0 Å². The zero-order valence-corrected chi connectivity index (χ0v) is 9.71. The smallest absolute Gasteiger partial charge is 0.248 e. The first kappa shape index (κ1) is 12.1. The van der Waals surface area contributed by atoms with Crippen LogP contribution in [0.2, 0.25) is 0 Å². The van der Waals surface area contributed by atoms with Crippen molar-refractivity contribution in [1.82, 2.24) is 4.90 Å². The number of hydrogen-bond donors (Lipinski definition) is 1. The van der Waals surface area contributed by atoms with Crippen LogP contribution in [0.4, 0.5) is 0 Å². The summed E-state index contributed by atoms with van der Waals surface area (Å²) in [5.41, 5.74) is 1.22. The summed E-state index contributed by atoms with van der Waals surface area (Å²) in [6, 6.07) is 10.1. The van der Waals surface area contributed by atoms with Gasteiger partial charge in [-0.25, -0.2) is 0 Å². The highest BCUT2D eigenvalue weighted by Gasteiger charge is 2.25. The largest absolute Gasteiger partial charge is 0.394 e. The predicted molar refractivity (Wildman–Crippen MR) is 63.6 cm³/mol. The summed E-state index contributed by atoms with van der Waals surface area (Å²) in [6.45, 7) is 1.22. The van der Waals surface area contributed by atoms with Crippen molar-refractivity contribution >= 4 is 5.91 Å². The molecule has 0 aliphatic carbocycles. The Morgan fingerprint density at radius 3 is 2.82 bits per heavy atom. The minimum atomic E-state index is -0.233. The van der Waals surface area contributed by atoms with Crippen molar-refractivity contribution < 1.29 is 14.6 Å². The van der Waals surface area contributed by atoms with Crippen LogP contribution in [0.1, 0.15) is 5.56 Å². The van der Waals surface area contributed by atoms with Crippen molar-refractivity contribution in [2.24, 2.45) is 0 Å².